The average molecular weight is 306 g/mol. The lowest BCUT2D eigenvalue weighted by Gasteiger charge is -2.41. The van der Waals surface area contributed by atoms with Gasteiger partial charge in [-0.2, -0.15) is 5.10 Å². The van der Waals surface area contributed by atoms with Crippen LogP contribution >= 0.6 is 11.6 Å². The molecule has 2 heterocycles. The summed E-state index contributed by atoms with van der Waals surface area (Å²) in [6.45, 7) is 3.93. The second-order valence-corrected chi connectivity index (χ2v) is 5.76. The number of nitrogens with one attached hydrogen (secondary N) is 1. The molecule has 0 aliphatic carbocycles. The van der Waals surface area contributed by atoms with E-state index < -0.39 is 0 Å². The Bertz CT molecular complexity index is 594. The van der Waals surface area contributed by atoms with Gasteiger partial charge in [-0.15, -0.1) is 0 Å². The fraction of sp³-hybridized carbons (Fsp3) is 0.400. The summed E-state index contributed by atoms with van der Waals surface area (Å²) in [6, 6.07) is 7.80. The van der Waals surface area contributed by atoms with Gasteiger partial charge in [0.2, 0.25) is 0 Å². The molecule has 2 aromatic rings. The SMILES string of the molecule is CCCCN1CN(c2ccc(Cl)cc2)C(N)c2cn[nH]c21. The number of hydrogen-bond acceptors (Lipinski definition) is 4. The van der Waals surface area contributed by atoms with E-state index in [2.05, 4.69) is 26.9 Å². The number of aromatic nitrogens is 2. The smallest absolute Gasteiger partial charge is 0.132 e. The minimum atomic E-state index is -0.196. The molecule has 6 heteroatoms. The van der Waals surface area contributed by atoms with Crippen molar-refractivity contribution < 1.29 is 0 Å². The molecule has 3 rings (SSSR count). The molecule has 1 aromatic heterocycles. The lowest BCUT2D eigenvalue weighted by molar-refractivity contribution is 0.574. The molecule has 1 unspecified atom stereocenters. The van der Waals surface area contributed by atoms with Crippen molar-refractivity contribution >= 4 is 23.1 Å². The number of fused-ring (bicyclic) bond motifs is 1. The van der Waals surface area contributed by atoms with E-state index in [9.17, 15) is 0 Å². The van der Waals surface area contributed by atoms with E-state index in [-0.39, 0.29) is 6.17 Å². The van der Waals surface area contributed by atoms with Crippen LogP contribution in [0.25, 0.3) is 0 Å². The molecule has 21 heavy (non-hydrogen) atoms. The molecule has 1 aliphatic heterocycles. The summed E-state index contributed by atoms with van der Waals surface area (Å²) in [5.74, 6) is 1.04. The molecule has 0 fully saturated rings. The van der Waals surface area contributed by atoms with Gasteiger partial charge in [-0.3, -0.25) is 5.10 Å². The van der Waals surface area contributed by atoms with Crippen molar-refractivity contribution in [2.45, 2.75) is 25.9 Å². The first-order valence-corrected chi connectivity index (χ1v) is 7.64. The van der Waals surface area contributed by atoms with E-state index in [1.54, 1.807) is 0 Å². The topological polar surface area (TPSA) is 61.2 Å². The number of rotatable bonds is 4. The highest BCUT2D eigenvalue weighted by atomic mass is 35.5. The fourth-order valence-electron chi connectivity index (χ4n) is 2.68. The molecular weight excluding hydrogens is 286 g/mol. The van der Waals surface area contributed by atoms with Gasteiger partial charge in [-0.1, -0.05) is 24.9 Å². The van der Waals surface area contributed by atoms with E-state index in [1.807, 2.05) is 30.5 Å². The van der Waals surface area contributed by atoms with Crippen LogP contribution in [0, 0.1) is 0 Å². The molecular formula is C15H20ClN5. The maximum Gasteiger partial charge on any atom is 0.132 e. The zero-order chi connectivity index (χ0) is 14.8. The minimum absolute atomic E-state index is 0.196. The van der Waals surface area contributed by atoms with Gasteiger partial charge < -0.3 is 15.5 Å². The second-order valence-electron chi connectivity index (χ2n) is 5.32. The molecule has 1 aliphatic rings. The third-order valence-corrected chi connectivity index (χ3v) is 4.13. The van der Waals surface area contributed by atoms with Crippen molar-refractivity contribution in [3.8, 4) is 0 Å². The Labute approximate surface area is 129 Å². The first-order chi connectivity index (χ1) is 10.2. The molecule has 1 atom stereocenters. The summed E-state index contributed by atoms with van der Waals surface area (Å²) in [5.41, 5.74) is 8.51. The van der Waals surface area contributed by atoms with Crippen LogP contribution in [-0.4, -0.2) is 23.4 Å². The molecule has 0 saturated heterocycles. The Balaban J connectivity index is 1.91. The Morgan fingerprint density at radius 2 is 2.14 bits per heavy atom. The summed E-state index contributed by atoms with van der Waals surface area (Å²) in [5, 5.41) is 7.97. The van der Waals surface area contributed by atoms with Crippen LogP contribution in [0.4, 0.5) is 11.5 Å². The van der Waals surface area contributed by atoms with Crippen LogP contribution in [0.2, 0.25) is 5.02 Å². The number of unbranched alkanes of at least 4 members (excludes halogenated alkanes) is 1. The summed E-state index contributed by atoms with van der Waals surface area (Å²) in [6.07, 6.45) is 3.92. The largest absolute Gasteiger partial charge is 0.339 e. The monoisotopic (exact) mass is 305 g/mol. The molecule has 1 aromatic carbocycles. The van der Waals surface area contributed by atoms with Crippen molar-refractivity contribution in [2.24, 2.45) is 5.73 Å². The van der Waals surface area contributed by atoms with Gasteiger partial charge in [0.15, 0.2) is 0 Å². The number of H-pyrrole nitrogens is 1. The quantitative estimate of drug-likeness (QED) is 0.911. The van der Waals surface area contributed by atoms with Gasteiger partial charge in [0.25, 0.3) is 0 Å². The number of nitrogens with zero attached hydrogens (tertiary/aromatic N) is 3. The van der Waals surface area contributed by atoms with Crippen molar-refractivity contribution in [2.75, 3.05) is 23.0 Å². The maximum atomic E-state index is 6.40. The van der Waals surface area contributed by atoms with Gasteiger partial charge >= 0.3 is 0 Å². The third kappa shape index (κ3) is 2.71. The van der Waals surface area contributed by atoms with Crippen molar-refractivity contribution in [3.63, 3.8) is 0 Å². The Morgan fingerprint density at radius 3 is 2.86 bits per heavy atom. The lowest BCUT2D eigenvalue weighted by Crippen LogP contribution is -2.48. The third-order valence-electron chi connectivity index (χ3n) is 3.88. The average Bonchev–Trinajstić information content (AvgIpc) is 2.98. The lowest BCUT2D eigenvalue weighted by atomic mass is 10.1. The van der Waals surface area contributed by atoms with E-state index >= 15 is 0 Å². The van der Waals surface area contributed by atoms with Crippen LogP contribution in [0.3, 0.4) is 0 Å². The second kappa shape index (κ2) is 5.95. The first kappa shape index (κ1) is 14.2. The highest BCUT2D eigenvalue weighted by Gasteiger charge is 2.30. The fourth-order valence-corrected chi connectivity index (χ4v) is 2.80. The molecule has 0 bridgehead atoms. The van der Waals surface area contributed by atoms with E-state index in [0.717, 1.165) is 48.1 Å². The summed E-state index contributed by atoms with van der Waals surface area (Å²) < 4.78 is 0. The van der Waals surface area contributed by atoms with Crippen LogP contribution in [0.1, 0.15) is 31.5 Å². The van der Waals surface area contributed by atoms with Gasteiger partial charge in [0.1, 0.15) is 12.0 Å². The van der Waals surface area contributed by atoms with E-state index in [1.165, 1.54) is 0 Å². The summed E-state index contributed by atoms with van der Waals surface area (Å²) >= 11 is 5.97. The van der Waals surface area contributed by atoms with E-state index in [0.29, 0.717) is 0 Å². The number of anilines is 2. The molecule has 112 valence electrons. The van der Waals surface area contributed by atoms with Crippen LogP contribution in [0.15, 0.2) is 30.5 Å². The molecule has 5 nitrogen and oxygen atoms in total. The van der Waals surface area contributed by atoms with Crippen molar-refractivity contribution in [3.05, 3.63) is 41.0 Å². The van der Waals surface area contributed by atoms with E-state index in [4.69, 9.17) is 17.3 Å². The predicted octanol–water partition coefficient (Wildman–Crippen LogP) is 3.10. The predicted molar refractivity (Wildman–Crippen MR) is 86.6 cm³/mol. The number of halogens is 1. The van der Waals surface area contributed by atoms with Gasteiger partial charge in [-0.05, 0) is 30.7 Å². The Morgan fingerprint density at radius 1 is 1.38 bits per heavy atom. The van der Waals surface area contributed by atoms with Crippen molar-refractivity contribution in [1.82, 2.24) is 10.2 Å². The number of aromatic amines is 1. The van der Waals surface area contributed by atoms with Crippen LogP contribution in [0.5, 0.6) is 0 Å². The highest BCUT2D eigenvalue weighted by Crippen LogP contribution is 2.34. The zero-order valence-corrected chi connectivity index (χ0v) is 12.8. The number of nitrogens with two attached hydrogens (primary N) is 1. The number of hydrogen-bond donors (Lipinski definition) is 2. The van der Waals surface area contributed by atoms with Crippen LogP contribution < -0.4 is 15.5 Å². The van der Waals surface area contributed by atoms with Gasteiger partial charge in [-0.25, -0.2) is 0 Å². The molecule has 0 amide bonds. The highest BCUT2D eigenvalue weighted by molar-refractivity contribution is 6.30. The van der Waals surface area contributed by atoms with Crippen LogP contribution in [-0.2, 0) is 0 Å². The minimum Gasteiger partial charge on any atom is -0.339 e. The van der Waals surface area contributed by atoms with Crippen molar-refractivity contribution in [1.29, 1.82) is 0 Å². The Kier molecular flexibility index (Phi) is 4.03. The Hall–Kier alpha value is -1.72. The molecule has 0 radical (unpaired) electrons. The maximum absolute atomic E-state index is 6.40. The summed E-state index contributed by atoms with van der Waals surface area (Å²) in [4.78, 5) is 4.47. The van der Waals surface area contributed by atoms with Gasteiger partial charge in [0.05, 0.1) is 18.4 Å². The summed E-state index contributed by atoms with van der Waals surface area (Å²) in [7, 11) is 0. The zero-order valence-electron chi connectivity index (χ0n) is 12.1. The molecule has 3 N–H and O–H groups in total. The molecule has 0 spiro atoms. The standard InChI is InChI=1S/C15H20ClN5/c1-2-3-8-20-10-21(12-6-4-11(16)5-7-12)14(17)13-9-18-19-15(13)20/h4-7,9,14H,2-3,8,10,17H2,1H3,(H,18,19). The van der Waals surface area contributed by atoms with Gasteiger partial charge in [0, 0.05) is 17.3 Å². The molecule has 0 saturated carbocycles. The normalized spacial score (nSPS) is 18.0. The number of benzene rings is 1. The first-order valence-electron chi connectivity index (χ1n) is 7.26.